The van der Waals surface area contributed by atoms with Gasteiger partial charge in [-0.15, -0.1) is 5.10 Å². The van der Waals surface area contributed by atoms with Crippen molar-refractivity contribution in [1.29, 1.82) is 0 Å². The van der Waals surface area contributed by atoms with Crippen molar-refractivity contribution in [2.24, 2.45) is 0 Å². The van der Waals surface area contributed by atoms with Crippen LogP contribution in [0.4, 0.5) is 11.4 Å². The Morgan fingerprint density at radius 1 is 1.31 bits per heavy atom. The number of thioether (sulfide) groups is 1. The van der Waals surface area contributed by atoms with Crippen LogP contribution in [0.2, 0.25) is 10.0 Å². The second-order valence-corrected chi connectivity index (χ2v) is 7.36. The van der Waals surface area contributed by atoms with Gasteiger partial charge in [0.05, 0.1) is 34.1 Å². The predicted molar refractivity (Wildman–Crippen MR) is 111 cm³/mol. The minimum absolute atomic E-state index is 0.0248. The Balaban J connectivity index is 1.66. The summed E-state index contributed by atoms with van der Waals surface area (Å²) in [7, 11) is 1.53. The summed E-state index contributed by atoms with van der Waals surface area (Å²) in [5.74, 6) is 0.571. The van der Waals surface area contributed by atoms with Crippen molar-refractivity contribution < 1.29 is 14.5 Å². The number of halogens is 2. The largest absolute Gasteiger partial charge is 0.496 e. The number of aromatic nitrogens is 3. The van der Waals surface area contributed by atoms with E-state index in [4.69, 9.17) is 27.9 Å². The van der Waals surface area contributed by atoms with E-state index in [0.29, 0.717) is 27.3 Å². The molecule has 0 saturated carbocycles. The number of amides is 1. The molecule has 0 radical (unpaired) electrons. The lowest BCUT2D eigenvalue weighted by molar-refractivity contribution is -0.384. The molecule has 0 aliphatic heterocycles. The molecular weight excluding hydrogens is 441 g/mol. The van der Waals surface area contributed by atoms with E-state index in [0.717, 1.165) is 11.8 Å². The predicted octanol–water partition coefficient (Wildman–Crippen LogP) is 4.43. The molecule has 0 bridgehead atoms. The molecule has 0 atom stereocenters. The zero-order valence-electron chi connectivity index (χ0n) is 14.8. The van der Waals surface area contributed by atoms with E-state index < -0.39 is 10.8 Å². The molecule has 2 aromatic carbocycles. The van der Waals surface area contributed by atoms with Crippen LogP contribution < -0.4 is 10.1 Å². The molecule has 0 aliphatic rings. The van der Waals surface area contributed by atoms with Gasteiger partial charge in [0.1, 0.15) is 5.75 Å². The summed E-state index contributed by atoms with van der Waals surface area (Å²) in [5, 5.41) is 21.3. The first-order valence-corrected chi connectivity index (χ1v) is 9.74. The smallest absolute Gasteiger partial charge is 0.271 e. The normalized spacial score (nSPS) is 10.6. The van der Waals surface area contributed by atoms with Gasteiger partial charge in [0.25, 0.3) is 5.69 Å². The van der Waals surface area contributed by atoms with Gasteiger partial charge >= 0.3 is 0 Å². The molecule has 29 heavy (non-hydrogen) atoms. The number of anilines is 1. The van der Waals surface area contributed by atoms with Gasteiger partial charge in [-0.3, -0.25) is 20.0 Å². The number of methoxy groups -OCH3 is 1. The van der Waals surface area contributed by atoms with Gasteiger partial charge in [0.2, 0.25) is 11.1 Å². The number of nitro groups is 1. The van der Waals surface area contributed by atoms with Crippen molar-refractivity contribution in [2.45, 2.75) is 5.16 Å². The lowest BCUT2D eigenvalue weighted by atomic mass is 10.2. The number of carbonyl (C=O) groups excluding carboxylic acids is 1. The summed E-state index contributed by atoms with van der Waals surface area (Å²) in [6.07, 6.45) is 0. The first kappa shape index (κ1) is 20.9. The second kappa shape index (κ2) is 9.12. The molecular formula is C17H13Cl2N5O4S. The molecule has 1 aromatic heterocycles. The second-order valence-electron chi connectivity index (χ2n) is 5.57. The number of hydrogen-bond acceptors (Lipinski definition) is 7. The number of nitrogens with zero attached hydrogens (tertiary/aromatic N) is 3. The number of ether oxygens (including phenoxy) is 1. The van der Waals surface area contributed by atoms with Gasteiger partial charge in [-0.2, -0.15) is 0 Å². The van der Waals surface area contributed by atoms with Crippen LogP contribution in [0.15, 0.2) is 41.6 Å². The summed E-state index contributed by atoms with van der Waals surface area (Å²) >= 11 is 13.1. The van der Waals surface area contributed by atoms with Gasteiger partial charge in [-0.1, -0.05) is 35.0 Å². The van der Waals surface area contributed by atoms with Gasteiger partial charge in [-0.25, -0.2) is 4.98 Å². The maximum absolute atomic E-state index is 12.2. The van der Waals surface area contributed by atoms with Crippen LogP contribution in [0.1, 0.15) is 0 Å². The van der Waals surface area contributed by atoms with Crippen LogP contribution in [0.25, 0.3) is 11.4 Å². The molecule has 0 fully saturated rings. The number of rotatable bonds is 7. The highest BCUT2D eigenvalue weighted by atomic mass is 35.5. The molecule has 3 rings (SSSR count). The molecule has 0 saturated heterocycles. The molecule has 3 aromatic rings. The number of aromatic amines is 1. The maximum atomic E-state index is 12.2. The maximum Gasteiger partial charge on any atom is 0.271 e. The molecule has 1 heterocycles. The van der Waals surface area contributed by atoms with E-state index in [9.17, 15) is 14.9 Å². The van der Waals surface area contributed by atoms with E-state index in [1.54, 1.807) is 18.2 Å². The first-order chi connectivity index (χ1) is 13.9. The number of nitrogens with one attached hydrogen (secondary N) is 2. The van der Waals surface area contributed by atoms with E-state index in [1.165, 1.54) is 25.3 Å². The first-order valence-electron chi connectivity index (χ1n) is 8.00. The highest BCUT2D eigenvalue weighted by Gasteiger charge is 2.15. The lowest BCUT2D eigenvalue weighted by Gasteiger charge is -2.06. The Hall–Kier alpha value is -2.82. The topological polar surface area (TPSA) is 123 Å². The molecule has 150 valence electrons. The van der Waals surface area contributed by atoms with Crippen LogP contribution in [0, 0.1) is 10.1 Å². The summed E-state index contributed by atoms with van der Waals surface area (Å²) in [6, 6.07) is 8.89. The van der Waals surface area contributed by atoms with Crippen LogP contribution in [0.3, 0.4) is 0 Å². The minimum Gasteiger partial charge on any atom is -0.496 e. The van der Waals surface area contributed by atoms with Crippen LogP contribution in [0.5, 0.6) is 5.75 Å². The minimum atomic E-state index is -0.569. The number of carbonyl (C=O) groups is 1. The van der Waals surface area contributed by atoms with Crippen molar-refractivity contribution in [1.82, 2.24) is 15.2 Å². The number of H-pyrrole nitrogens is 1. The van der Waals surface area contributed by atoms with Crippen molar-refractivity contribution >= 4 is 52.2 Å². The number of benzene rings is 2. The van der Waals surface area contributed by atoms with Crippen LogP contribution in [-0.2, 0) is 4.79 Å². The fraction of sp³-hybridized carbons (Fsp3) is 0.118. The molecule has 12 heteroatoms. The summed E-state index contributed by atoms with van der Waals surface area (Å²) in [5.41, 5.74) is 0.615. The highest BCUT2D eigenvalue weighted by Crippen LogP contribution is 2.31. The molecule has 0 spiro atoms. The van der Waals surface area contributed by atoms with E-state index in [-0.39, 0.29) is 22.2 Å². The molecule has 0 aliphatic carbocycles. The van der Waals surface area contributed by atoms with Gasteiger partial charge in [0, 0.05) is 17.2 Å². The molecule has 9 nitrogen and oxygen atoms in total. The number of non-ortho nitro benzene ring substituents is 1. The average molecular weight is 454 g/mol. The Bertz CT molecular complexity index is 1080. The van der Waals surface area contributed by atoms with Crippen LogP contribution >= 0.6 is 35.0 Å². The van der Waals surface area contributed by atoms with Crippen LogP contribution in [-0.4, -0.2) is 38.9 Å². The Morgan fingerprint density at radius 2 is 2.10 bits per heavy atom. The fourth-order valence-corrected chi connectivity index (χ4v) is 3.27. The molecule has 2 N–H and O–H groups in total. The highest BCUT2D eigenvalue weighted by molar-refractivity contribution is 7.99. The summed E-state index contributed by atoms with van der Waals surface area (Å²) < 4.78 is 5.29. The van der Waals surface area contributed by atoms with Crippen molar-refractivity contribution in [2.75, 3.05) is 18.2 Å². The number of hydrogen-bond donors (Lipinski definition) is 2. The summed E-state index contributed by atoms with van der Waals surface area (Å²) in [6.45, 7) is 0. The van der Waals surface area contributed by atoms with E-state index in [2.05, 4.69) is 20.5 Å². The molecule has 1 amide bonds. The van der Waals surface area contributed by atoms with Gasteiger partial charge < -0.3 is 10.1 Å². The summed E-state index contributed by atoms with van der Waals surface area (Å²) in [4.78, 5) is 26.8. The van der Waals surface area contributed by atoms with E-state index >= 15 is 0 Å². The fourth-order valence-electron chi connectivity index (χ4n) is 2.34. The third-order valence-corrected chi connectivity index (χ3v) is 5.06. The van der Waals surface area contributed by atoms with Gasteiger partial charge in [-0.05, 0) is 24.3 Å². The van der Waals surface area contributed by atoms with Gasteiger partial charge in [0.15, 0.2) is 5.82 Å². The number of nitro benzene ring substituents is 1. The Morgan fingerprint density at radius 3 is 2.83 bits per heavy atom. The van der Waals surface area contributed by atoms with Crippen molar-refractivity contribution in [3.63, 3.8) is 0 Å². The quantitative estimate of drug-likeness (QED) is 0.308. The zero-order chi connectivity index (χ0) is 21.0. The standard InChI is InChI=1S/C17H13Cl2N5O4S/c1-28-14-5-2-9(18)6-11(14)16-21-17(23-22-16)29-8-15(25)20-13-7-10(24(26)27)3-4-12(13)19/h2-7H,8H2,1H3,(H,20,25)(H,21,22,23). The van der Waals surface area contributed by atoms with Crippen molar-refractivity contribution in [3.8, 4) is 17.1 Å². The zero-order valence-corrected chi connectivity index (χ0v) is 17.1. The third-order valence-electron chi connectivity index (χ3n) is 3.65. The Labute approximate surface area is 178 Å². The average Bonchev–Trinajstić information content (AvgIpc) is 3.17. The third kappa shape index (κ3) is 5.17. The Kier molecular flexibility index (Phi) is 6.57. The SMILES string of the molecule is COc1ccc(Cl)cc1-c1nc(SCC(=O)Nc2cc([N+](=O)[O-])ccc2Cl)n[nH]1. The molecule has 0 unspecified atom stereocenters. The van der Waals surface area contributed by atoms with Crippen molar-refractivity contribution in [3.05, 3.63) is 56.6 Å². The monoisotopic (exact) mass is 453 g/mol. The van der Waals surface area contributed by atoms with E-state index in [1.807, 2.05) is 0 Å². The lowest BCUT2D eigenvalue weighted by Crippen LogP contribution is -2.14.